The highest BCUT2D eigenvalue weighted by atomic mass is 16.5. The standard InChI is InChI=1S/C19H24N4O2/c1-19(2)16-12-22(13-17(16)19)18(24)21-14-5-3-6-15(11-14)25-10-9-23-8-4-7-20-23/h3-8,11,16-17H,9-10,12-13H2,1-2H3,(H,21,24)/t16-,17-/m1/s1. The third-order valence-corrected chi connectivity index (χ3v) is 5.64. The van der Waals surface area contributed by atoms with E-state index in [9.17, 15) is 4.79 Å². The molecule has 1 N–H and O–H groups in total. The predicted molar refractivity (Wildman–Crippen MR) is 95.5 cm³/mol. The zero-order chi connectivity index (χ0) is 17.4. The SMILES string of the molecule is CC1(C)[C@@H]2CN(C(=O)Nc3cccc(OCCn4cccn4)c3)C[C@H]21. The van der Waals surface area contributed by atoms with Crippen LogP contribution in [0.25, 0.3) is 0 Å². The maximum Gasteiger partial charge on any atom is 0.321 e. The van der Waals surface area contributed by atoms with Gasteiger partial charge in [0.15, 0.2) is 0 Å². The second-order valence-corrected chi connectivity index (χ2v) is 7.51. The number of anilines is 1. The number of benzene rings is 1. The van der Waals surface area contributed by atoms with Gasteiger partial charge in [0.25, 0.3) is 0 Å². The molecular formula is C19H24N4O2. The Hall–Kier alpha value is -2.50. The van der Waals surface area contributed by atoms with Crippen LogP contribution in [0.5, 0.6) is 5.75 Å². The van der Waals surface area contributed by atoms with Gasteiger partial charge in [0.05, 0.1) is 6.54 Å². The molecule has 25 heavy (non-hydrogen) atoms. The lowest BCUT2D eigenvalue weighted by Gasteiger charge is -2.22. The number of rotatable bonds is 5. The Morgan fingerprint density at radius 2 is 2.12 bits per heavy atom. The van der Waals surface area contributed by atoms with E-state index >= 15 is 0 Å². The van der Waals surface area contributed by atoms with Crippen molar-refractivity contribution in [2.45, 2.75) is 20.4 Å². The number of nitrogens with one attached hydrogen (secondary N) is 1. The number of hydrogen-bond donors (Lipinski definition) is 1. The monoisotopic (exact) mass is 340 g/mol. The number of urea groups is 1. The number of nitrogens with zero attached hydrogens (tertiary/aromatic N) is 3. The third-order valence-electron chi connectivity index (χ3n) is 5.64. The summed E-state index contributed by atoms with van der Waals surface area (Å²) in [5.74, 6) is 2.07. The number of fused-ring (bicyclic) bond motifs is 1. The first-order valence-electron chi connectivity index (χ1n) is 8.80. The number of carbonyl (C=O) groups excluding carboxylic acids is 1. The molecule has 0 bridgehead atoms. The van der Waals surface area contributed by atoms with Gasteiger partial charge >= 0.3 is 6.03 Å². The zero-order valence-electron chi connectivity index (χ0n) is 14.7. The number of aromatic nitrogens is 2. The zero-order valence-corrected chi connectivity index (χ0v) is 14.7. The molecule has 2 aromatic rings. The van der Waals surface area contributed by atoms with Gasteiger partial charge in [0.2, 0.25) is 0 Å². The summed E-state index contributed by atoms with van der Waals surface area (Å²) in [6.07, 6.45) is 3.65. The van der Waals surface area contributed by atoms with E-state index in [1.807, 2.05) is 46.1 Å². The number of likely N-dealkylation sites (tertiary alicyclic amines) is 1. The molecular weight excluding hydrogens is 316 g/mol. The van der Waals surface area contributed by atoms with Gasteiger partial charge in [0, 0.05) is 37.2 Å². The van der Waals surface area contributed by atoms with Gasteiger partial charge in [0.1, 0.15) is 12.4 Å². The maximum atomic E-state index is 12.4. The summed E-state index contributed by atoms with van der Waals surface area (Å²) in [6, 6.07) is 9.41. The molecule has 0 radical (unpaired) electrons. The van der Waals surface area contributed by atoms with Crippen molar-refractivity contribution in [1.29, 1.82) is 0 Å². The lowest BCUT2D eigenvalue weighted by Crippen LogP contribution is -2.36. The van der Waals surface area contributed by atoms with E-state index in [-0.39, 0.29) is 6.03 Å². The molecule has 2 heterocycles. The van der Waals surface area contributed by atoms with Crippen LogP contribution in [-0.4, -0.2) is 40.4 Å². The predicted octanol–water partition coefficient (Wildman–Crippen LogP) is 3.08. The van der Waals surface area contributed by atoms with E-state index in [1.165, 1.54) is 0 Å². The molecule has 1 saturated carbocycles. The first-order chi connectivity index (χ1) is 12.0. The second-order valence-electron chi connectivity index (χ2n) is 7.51. The van der Waals surface area contributed by atoms with Crippen molar-refractivity contribution in [3.63, 3.8) is 0 Å². The highest BCUT2D eigenvalue weighted by molar-refractivity contribution is 5.89. The molecule has 1 saturated heterocycles. The minimum Gasteiger partial charge on any atom is -0.492 e. The number of amides is 2. The van der Waals surface area contributed by atoms with Gasteiger partial charge in [-0.15, -0.1) is 0 Å². The van der Waals surface area contributed by atoms with Crippen LogP contribution in [-0.2, 0) is 6.54 Å². The largest absolute Gasteiger partial charge is 0.492 e. The van der Waals surface area contributed by atoms with E-state index in [1.54, 1.807) is 6.20 Å². The summed E-state index contributed by atoms with van der Waals surface area (Å²) < 4.78 is 7.58. The van der Waals surface area contributed by atoms with Crippen LogP contribution in [0.1, 0.15) is 13.8 Å². The van der Waals surface area contributed by atoms with Gasteiger partial charge in [-0.1, -0.05) is 19.9 Å². The van der Waals surface area contributed by atoms with Crippen molar-refractivity contribution < 1.29 is 9.53 Å². The summed E-state index contributed by atoms with van der Waals surface area (Å²) in [5.41, 5.74) is 1.18. The summed E-state index contributed by atoms with van der Waals surface area (Å²) in [5, 5.41) is 7.13. The first kappa shape index (κ1) is 16.0. The van der Waals surface area contributed by atoms with Gasteiger partial charge in [-0.25, -0.2) is 4.79 Å². The highest BCUT2D eigenvalue weighted by Gasteiger charge is 2.62. The molecule has 2 atom stereocenters. The molecule has 1 aromatic carbocycles. The summed E-state index contributed by atoms with van der Waals surface area (Å²) in [6.45, 7) is 7.54. The van der Waals surface area contributed by atoms with Crippen LogP contribution in [0, 0.1) is 17.3 Å². The Bertz CT molecular complexity index is 743. The van der Waals surface area contributed by atoms with Crippen LogP contribution in [0.3, 0.4) is 0 Å². The molecule has 0 unspecified atom stereocenters. The van der Waals surface area contributed by atoms with Crippen LogP contribution >= 0.6 is 0 Å². The fourth-order valence-corrected chi connectivity index (χ4v) is 3.85. The van der Waals surface area contributed by atoms with E-state index in [0.717, 1.165) is 24.5 Å². The Morgan fingerprint density at radius 3 is 2.84 bits per heavy atom. The van der Waals surface area contributed by atoms with Gasteiger partial charge in [-0.2, -0.15) is 5.10 Å². The van der Waals surface area contributed by atoms with Crippen LogP contribution in [0.4, 0.5) is 10.5 Å². The minimum absolute atomic E-state index is 0.0170. The molecule has 1 aromatic heterocycles. The molecule has 0 spiro atoms. The fraction of sp³-hybridized carbons (Fsp3) is 0.474. The normalized spacial score (nSPS) is 23.2. The molecule has 4 rings (SSSR count). The van der Waals surface area contributed by atoms with Crippen molar-refractivity contribution in [3.05, 3.63) is 42.7 Å². The minimum atomic E-state index is -0.0170. The molecule has 132 valence electrons. The lowest BCUT2D eigenvalue weighted by molar-refractivity contribution is 0.209. The third kappa shape index (κ3) is 3.21. The molecule has 1 aliphatic carbocycles. The summed E-state index contributed by atoms with van der Waals surface area (Å²) in [7, 11) is 0. The van der Waals surface area contributed by atoms with Crippen LogP contribution < -0.4 is 10.1 Å². The summed E-state index contributed by atoms with van der Waals surface area (Å²) >= 11 is 0. The van der Waals surface area contributed by atoms with Gasteiger partial charge in [-0.05, 0) is 35.4 Å². The summed E-state index contributed by atoms with van der Waals surface area (Å²) in [4.78, 5) is 14.4. The van der Waals surface area contributed by atoms with Gasteiger partial charge in [-0.3, -0.25) is 4.68 Å². The van der Waals surface area contributed by atoms with E-state index in [0.29, 0.717) is 30.4 Å². The van der Waals surface area contributed by atoms with E-state index in [2.05, 4.69) is 24.3 Å². The molecule has 6 heteroatoms. The van der Waals surface area contributed by atoms with Crippen molar-refractivity contribution >= 4 is 11.7 Å². The second kappa shape index (κ2) is 6.10. The average molecular weight is 340 g/mol. The number of carbonyl (C=O) groups is 1. The average Bonchev–Trinajstić information content (AvgIpc) is 3.08. The molecule has 6 nitrogen and oxygen atoms in total. The number of hydrogen-bond acceptors (Lipinski definition) is 3. The Morgan fingerprint density at radius 1 is 1.32 bits per heavy atom. The molecule has 2 amide bonds. The van der Waals surface area contributed by atoms with Crippen LogP contribution in [0.15, 0.2) is 42.7 Å². The Balaban J connectivity index is 1.29. The van der Waals surface area contributed by atoms with Gasteiger partial charge < -0.3 is 15.0 Å². The van der Waals surface area contributed by atoms with Crippen molar-refractivity contribution in [2.24, 2.45) is 17.3 Å². The quantitative estimate of drug-likeness (QED) is 0.910. The first-order valence-corrected chi connectivity index (χ1v) is 8.80. The van der Waals surface area contributed by atoms with Crippen LogP contribution in [0.2, 0.25) is 0 Å². The number of ether oxygens (including phenoxy) is 1. The maximum absolute atomic E-state index is 12.4. The molecule has 1 aliphatic heterocycles. The lowest BCUT2D eigenvalue weighted by atomic mass is 10.1. The smallest absolute Gasteiger partial charge is 0.321 e. The highest BCUT2D eigenvalue weighted by Crippen LogP contribution is 2.61. The number of piperidine rings is 1. The van der Waals surface area contributed by atoms with Crippen molar-refractivity contribution in [3.8, 4) is 5.75 Å². The Labute approximate surface area is 147 Å². The molecule has 2 aliphatic rings. The van der Waals surface area contributed by atoms with Crippen molar-refractivity contribution in [2.75, 3.05) is 25.0 Å². The topological polar surface area (TPSA) is 59.4 Å². The van der Waals surface area contributed by atoms with E-state index < -0.39 is 0 Å². The fourth-order valence-electron chi connectivity index (χ4n) is 3.85. The Kier molecular flexibility index (Phi) is 3.90. The van der Waals surface area contributed by atoms with E-state index in [4.69, 9.17) is 4.74 Å². The van der Waals surface area contributed by atoms with Crippen molar-refractivity contribution in [1.82, 2.24) is 14.7 Å². The molecule has 2 fully saturated rings.